The van der Waals surface area contributed by atoms with Crippen LogP contribution in [0.15, 0.2) is 89.8 Å². The highest BCUT2D eigenvalue weighted by Crippen LogP contribution is 2.24. The van der Waals surface area contributed by atoms with Crippen molar-refractivity contribution in [2.24, 2.45) is 0 Å². The smallest absolute Gasteiger partial charge is 0.264 e. The van der Waals surface area contributed by atoms with Gasteiger partial charge in [0.05, 0.1) is 10.6 Å². The predicted octanol–water partition coefficient (Wildman–Crippen LogP) is 4.36. The first-order chi connectivity index (χ1) is 14.9. The normalized spacial score (nSPS) is 12.2. The molecule has 3 aromatic carbocycles. The molecule has 3 rings (SSSR count). The maximum Gasteiger partial charge on any atom is 0.264 e. The minimum Gasteiger partial charge on any atom is -0.354 e. The number of benzene rings is 3. The Balaban J connectivity index is 1.80. The topological polar surface area (TPSA) is 66.5 Å². The number of carbonyl (C=O) groups is 1. The fourth-order valence-electron chi connectivity index (χ4n) is 3.29. The van der Waals surface area contributed by atoms with Crippen molar-refractivity contribution >= 4 is 21.6 Å². The molecule has 3 aromatic rings. The van der Waals surface area contributed by atoms with Gasteiger partial charge in [0, 0.05) is 6.54 Å². The molecule has 162 valence electrons. The summed E-state index contributed by atoms with van der Waals surface area (Å²) in [4.78, 5) is 12.9. The number of sulfonamides is 1. The van der Waals surface area contributed by atoms with Gasteiger partial charge in [-0.1, -0.05) is 74.5 Å². The van der Waals surface area contributed by atoms with E-state index < -0.39 is 10.0 Å². The van der Waals surface area contributed by atoms with Gasteiger partial charge in [0.15, 0.2) is 0 Å². The molecule has 0 unspecified atom stereocenters. The largest absolute Gasteiger partial charge is 0.354 e. The lowest BCUT2D eigenvalue weighted by Crippen LogP contribution is -2.41. The Morgan fingerprint density at radius 2 is 1.48 bits per heavy atom. The number of hydrogen-bond acceptors (Lipinski definition) is 3. The van der Waals surface area contributed by atoms with E-state index in [0.29, 0.717) is 12.2 Å². The third-order valence-electron chi connectivity index (χ3n) is 5.23. The summed E-state index contributed by atoms with van der Waals surface area (Å²) in [6.07, 6.45) is 0.851. The van der Waals surface area contributed by atoms with Crippen molar-refractivity contribution in [2.75, 3.05) is 17.4 Å². The van der Waals surface area contributed by atoms with Crippen LogP contribution in [-0.2, 0) is 21.2 Å². The van der Waals surface area contributed by atoms with Crippen LogP contribution in [0, 0.1) is 0 Å². The molecule has 1 atom stereocenters. The van der Waals surface area contributed by atoms with Gasteiger partial charge in [-0.15, -0.1) is 0 Å². The van der Waals surface area contributed by atoms with E-state index in [9.17, 15) is 13.2 Å². The highest BCUT2D eigenvalue weighted by Gasteiger charge is 2.27. The van der Waals surface area contributed by atoms with E-state index in [0.717, 1.165) is 17.5 Å². The summed E-state index contributed by atoms with van der Waals surface area (Å²) in [5.74, 6) is -0.227. The van der Waals surface area contributed by atoms with E-state index in [2.05, 4.69) is 5.32 Å². The fraction of sp³-hybridized carbons (Fsp3) is 0.240. The van der Waals surface area contributed by atoms with Gasteiger partial charge in [0.1, 0.15) is 6.54 Å². The third kappa shape index (κ3) is 5.73. The van der Waals surface area contributed by atoms with Crippen LogP contribution in [0.25, 0.3) is 0 Å². The Hall–Kier alpha value is -3.12. The average Bonchev–Trinajstić information content (AvgIpc) is 2.82. The van der Waals surface area contributed by atoms with Crippen molar-refractivity contribution < 1.29 is 13.2 Å². The van der Waals surface area contributed by atoms with Crippen LogP contribution in [0.5, 0.6) is 0 Å². The zero-order chi connectivity index (χ0) is 22.3. The van der Waals surface area contributed by atoms with Gasteiger partial charge in [-0.3, -0.25) is 9.10 Å². The van der Waals surface area contributed by atoms with E-state index in [4.69, 9.17) is 0 Å². The van der Waals surface area contributed by atoms with Gasteiger partial charge in [0.2, 0.25) is 5.91 Å². The Labute approximate surface area is 184 Å². The first-order valence-electron chi connectivity index (χ1n) is 10.4. The van der Waals surface area contributed by atoms with Crippen molar-refractivity contribution in [1.29, 1.82) is 0 Å². The standard InChI is InChI=1S/C25H28N2O3S/c1-3-21-14-16-23(17-15-21)27(31(29,30)24-12-8-5-9-13-24)19-25(28)26-18-20(2)22-10-6-4-7-11-22/h4-17,20H,3,18-19H2,1-2H3,(H,26,28)/t20-/m1/s1. The Morgan fingerprint density at radius 3 is 2.06 bits per heavy atom. The molecule has 0 heterocycles. The maximum absolute atomic E-state index is 13.3. The molecule has 5 nitrogen and oxygen atoms in total. The second-order valence-electron chi connectivity index (χ2n) is 7.46. The van der Waals surface area contributed by atoms with Gasteiger partial charge >= 0.3 is 0 Å². The summed E-state index contributed by atoms with van der Waals surface area (Å²) in [6.45, 7) is 4.20. The van der Waals surface area contributed by atoms with Crippen LogP contribution in [0.1, 0.15) is 30.9 Å². The van der Waals surface area contributed by atoms with E-state index in [-0.39, 0.29) is 23.3 Å². The molecule has 0 aliphatic heterocycles. The van der Waals surface area contributed by atoms with E-state index in [1.165, 1.54) is 16.4 Å². The van der Waals surface area contributed by atoms with Crippen LogP contribution < -0.4 is 9.62 Å². The molecule has 31 heavy (non-hydrogen) atoms. The molecule has 0 bridgehead atoms. The molecule has 0 fully saturated rings. The minimum atomic E-state index is -3.89. The van der Waals surface area contributed by atoms with Gasteiger partial charge < -0.3 is 5.32 Å². The molecule has 1 amide bonds. The van der Waals surface area contributed by atoms with E-state index >= 15 is 0 Å². The first kappa shape index (κ1) is 22.6. The second-order valence-corrected chi connectivity index (χ2v) is 9.32. The zero-order valence-corrected chi connectivity index (χ0v) is 18.7. The van der Waals surface area contributed by atoms with Gasteiger partial charge in [-0.25, -0.2) is 8.42 Å². The number of carbonyl (C=O) groups excluding carboxylic acids is 1. The number of nitrogens with one attached hydrogen (secondary N) is 1. The molecule has 0 spiro atoms. The maximum atomic E-state index is 13.3. The van der Waals surface area contributed by atoms with Crippen molar-refractivity contribution in [1.82, 2.24) is 5.32 Å². The van der Waals surface area contributed by atoms with Crippen molar-refractivity contribution in [2.45, 2.75) is 31.1 Å². The summed E-state index contributed by atoms with van der Waals surface area (Å²) in [5, 5.41) is 2.88. The fourth-order valence-corrected chi connectivity index (χ4v) is 4.73. The van der Waals surface area contributed by atoms with Crippen LogP contribution in [0.3, 0.4) is 0 Å². The number of hydrogen-bond donors (Lipinski definition) is 1. The summed E-state index contributed by atoms with van der Waals surface area (Å²) in [7, 11) is -3.89. The molecule has 1 N–H and O–H groups in total. The number of rotatable bonds is 9. The molecule has 0 aromatic heterocycles. The highest BCUT2D eigenvalue weighted by atomic mass is 32.2. The lowest BCUT2D eigenvalue weighted by atomic mass is 10.0. The van der Waals surface area contributed by atoms with Gasteiger partial charge in [-0.2, -0.15) is 0 Å². The summed E-state index contributed by atoms with van der Waals surface area (Å²) in [6, 6.07) is 25.4. The van der Waals surface area contributed by atoms with E-state index in [1.807, 2.05) is 56.3 Å². The summed E-state index contributed by atoms with van der Waals surface area (Å²) < 4.78 is 27.8. The van der Waals surface area contributed by atoms with Crippen LogP contribution in [-0.4, -0.2) is 27.4 Å². The lowest BCUT2D eigenvalue weighted by molar-refractivity contribution is -0.119. The second kappa shape index (κ2) is 10.3. The average molecular weight is 437 g/mol. The van der Waals surface area contributed by atoms with Crippen LogP contribution in [0.2, 0.25) is 0 Å². The summed E-state index contributed by atoms with van der Waals surface area (Å²) in [5.41, 5.74) is 2.68. The van der Waals surface area contributed by atoms with Crippen LogP contribution >= 0.6 is 0 Å². The third-order valence-corrected chi connectivity index (χ3v) is 7.01. The number of anilines is 1. The molecular weight excluding hydrogens is 408 g/mol. The Kier molecular flexibility index (Phi) is 7.47. The number of aryl methyl sites for hydroxylation is 1. The van der Waals surface area contributed by atoms with Gasteiger partial charge in [-0.05, 0) is 47.7 Å². The van der Waals surface area contributed by atoms with Crippen molar-refractivity contribution in [3.8, 4) is 0 Å². The number of nitrogens with zero attached hydrogens (tertiary/aromatic N) is 1. The Morgan fingerprint density at radius 1 is 0.903 bits per heavy atom. The minimum absolute atomic E-state index is 0.119. The molecule has 0 aliphatic rings. The van der Waals surface area contributed by atoms with Gasteiger partial charge in [0.25, 0.3) is 10.0 Å². The quantitative estimate of drug-likeness (QED) is 0.542. The highest BCUT2D eigenvalue weighted by molar-refractivity contribution is 7.92. The van der Waals surface area contributed by atoms with E-state index in [1.54, 1.807) is 30.3 Å². The van der Waals surface area contributed by atoms with Crippen LogP contribution in [0.4, 0.5) is 5.69 Å². The molecule has 6 heteroatoms. The lowest BCUT2D eigenvalue weighted by Gasteiger charge is -2.24. The molecule has 0 saturated heterocycles. The SMILES string of the molecule is CCc1ccc(N(CC(=O)NC[C@@H](C)c2ccccc2)S(=O)(=O)c2ccccc2)cc1. The van der Waals surface area contributed by atoms with Crippen molar-refractivity contribution in [3.63, 3.8) is 0 Å². The monoisotopic (exact) mass is 436 g/mol. The zero-order valence-electron chi connectivity index (χ0n) is 17.9. The first-order valence-corrected chi connectivity index (χ1v) is 11.8. The molecular formula is C25H28N2O3S. The molecule has 0 aliphatic carbocycles. The Bertz CT molecular complexity index is 1080. The van der Waals surface area contributed by atoms with Crippen molar-refractivity contribution in [3.05, 3.63) is 96.1 Å². The molecule has 0 saturated carbocycles. The number of amides is 1. The summed E-state index contributed by atoms with van der Waals surface area (Å²) >= 11 is 0. The predicted molar refractivity (Wildman–Crippen MR) is 125 cm³/mol. The molecule has 0 radical (unpaired) electrons.